The number of amides is 5. The van der Waals surface area contributed by atoms with Crippen LogP contribution in [0.2, 0.25) is 0 Å². The molecule has 0 aliphatic rings. The normalized spacial score (nSPS) is 13.8. The molecule has 0 aliphatic carbocycles. The first kappa shape index (κ1) is 73.6. The van der Waals surface area contributed by atoms with E-state index in [0.29, 0.717) is 31.1 Å². The number of hydrogen-bond acceptors (Lipinski definition) is 10. The van der Waals surface area contributed by atoms with Crippen LogP contribution in [0, 0.1) is 23.7 Å². The summed E-state index contributed by atoms with van der Waals surface area (Å²) < 4.78 is 29.4. The molecule has 0 radical (unpaired) electrons. The summed E-state index contributed by atoms with van der Waals surface area (Å²) in [6, 6.07) is 31.6. The van der Waals surface area contributed by atoms with E-state index in [9.17, 15) is 47.1 Å². The van der Waals surface area contributed by atoms with Crippen LogP contribution in [-0.2, 0) is 62.8 Å². The van der Waals surface area contributed by atoms with Crippen molar-refractivity contribution in [3.8, 4) is 0 Å². The molecular weight excluding hydrogens is 1190 g/mol. The second kappa shape index (κ2) is 36.7. The topological polar surface area (TPSA) is 293 Å². The maximum Gasteiger partial charge on any atom is 0.243 e. The van der Waals surface area contributed by atoms with Crippen LogP contribution in [0.4, 0.5) is 0 Å². The molecule has 5 amide bonds. The fraction of sp³-hybridized carbons (Fsp3) is 0.438. The molecule has 3 aromatic heterocycles. The van der Waals surface area contributed by atoms with Gasteiger partial charge in [-0.2, -0.15) is 4.72 Å². The van der Waals surface area contributed by atoms with Crippen molar-refractivity contribution in [2.45, 2.75) is 181 Å². The standard InChI is InChI=1S/C27H31N3O4S.C24H35N3O3.C22H31N3O3/c1-3-18(2)26(30-35(33,34)25-14-8-10-19-9-4-5-12-23(19)25)27(32)29-21(17-31)15-20-16-28-24-13-7-6-11-22(20)24;1-5-9-17(10-6-2)23(29)27-22(16(3)4)24(30)26-19(15-28)13-18-14-25-21-12-8-7-11-20(18)21;1-4-8-16(9-5-2)22(28)24-15(3)21(27)25-18(14-26)12-17-13-23-20-11-7-6-10-19(17)20/h4-14,16,18,21,26,28,30-31H,3,15,17H2,1-2H3,(H,29,32);7-8,11-12,14-17,19,22,25H,5-6,9-10,13H2,1-4H3,(H,26,30)(H,27,29);6-7,10-11,13-16,18,23H,4-5,8-9,12H2,1-3H3,(H,24,28)(H,25,27)/t18-,21-,26-;19-,22-;15-,18-/m000/s1. The summed E-state index contributed by atoms with van der Waals surface area (Å²) in [7, 11) is -3.99. The number of benzene rings is 5. The number of carbonyl (C=O) groups is 7. The van der Waals surface area contributed by atoms with E-state index in [0.717, 1.165) is 119 Å². The van der Waals surface area contributed by atoms with E-state index in [4.69, 9.17) is 0 Å². The van der Waals surface area contributed by atoms with E-state index in [-0.39, 0.29) is 58.8 Å². The number of aromatic nitrogens is 3. The number of hydrogen-bond donors (Lipinski definition) is 10. The van der Waals surface area contributed by atoms with Gasteiger partial charge in [0, 0.05) is 81.4 Å². The van der Waals surface area contributed by atoms with Crippen LogP contribution < -0.4 is 31.3 Å². The van der Waals surface area contributed by atoms with Crippen LogP contribution in [-0.4, -0.2) is 113 Å². The molecule has 7 atom stereocenters. The van der Waals surface area contributed by atoms with Crippen molar-refractivity contribution in [2.24, 2.45) is 23.7 Å². The smallest absolute Gasteiger partial charge is 0.243 e. The van der Waals surface area contributed by atoms with E-state index in [2.05, 4.69) is 60.1 Å². The zero-order valence-electron chi connectivity index (χ0n) is 55.4. The number of rotatable bonds is 33. The van der Waals surface area contributed by atoms with Crippen LogP contribution in [0.15, 0.2) is 139 Å². The van der Waals surface area contributed by atoms with E-state index in [1.807, 2.05) is 151 Å². The molecule has 5 aromatic carbocycles. The van der Waals surface area contributed by atoms with Gasteiger partial charge in [0.05, 0.1) is 29.6 Å². The Bertz CT molecular complexity index is 3820. The minimum absolute atomic E-state index is 0.0710. The van der Waals surface area contributed by atoms with Crippen LogP contribution >= 0.6 is 0 Å². The van der Waals surface area contributed by atoms with Gasteiger partial charge in [0.2, 0.25) is 39.6 Å². The molecule has 0 saturated carbocycles. The molecule has 8 rings (SSSR count). The molecule has 0 aliphatic heterocycles. The minimum atomic E-state index is -3.99. The number of carbonyl (C=O) groups excluding carboxylic acids is 7. The van der Waals surface area contributed by atoms with Gasteiger partial charge < -0.3 is 56.2 Å². The summed E-state index contributed by atoms with van der Waals surface area (Å²) in [5, 5.41) is 28.6. The van der Waals surface area contributed by atoms with Gasteiger partial charge in [-0.15, -0.1) is 0 Å². The summed E-state index contributed by atoms with van der Waals surface area (Å²) in [4.78, 5) is 96.8. The van der Waals surface area contributed by atoms with E-state index in [1.165, 1.54) is 0 Å². The lowest BCUT2D eigenvalue weighted by Crippen LogP contribution is -2.53. The molecule has 8 aromatic rings. The number of para-hydroxylation sites is 3. The number of aliphatic hydroxyl groups excluding tert-OH is 1. The van der Waals surface area contributed by atoms with Crippen LogP contribution in [0.5, 0.6) is 0 Å². The van der Waals surface area contributed by atoms with Crippen LogP contribution in [0.25, 0.3) is 43.5 Å². The predicted molar refractivity (Wildman–Crippen MR) is 370 cm³/mol. The molecule has 20 heteroatoms. The molecule has 0 unspecified atom stereocenters. The molecule has 0 spiro atoms. The van der Waals surface area contributed by atoms with Crippen molar-refractivity contribution in [3.63, 3.8) is 0 Å². The second-order valence-corrected chi connectivity index (χ2v) is 26.2. The molecule has 10 N–H and O–H groups in total. The molecule has 0 saturated heterocycles. The lowest BCUT2D eigenvalue weighted by Gasteiger charge is -2.26. The summed E-state index contributed by atoms with van der Waals surface area (Å²) in [6.45, 7) is 17.1. The van der Waals surface area contributed by atoms with Crippen LogP contribution in [0.3, 0.4) is 0 Å². The minimum Gasteiger partial charge on any atom is -0.394 e. The summed E-state index contributed by atoms with van der Waals surface area (Å²) in [5.41, 5.74) is 5.87. The summed E-state index contributed by atoms with van der Waals surface area (Å²) in [5.74, 6) is -1.79. The van der Waals surface area contributed by atoms with Gasteiger partial charge in [0.1, 0.15) is 30.7 Å². The Hall–Kier alpha value is -8.46. The number of aldehydes is 2. The number of sulfonamides is 1. The molecule has 3 heterocycles. The zero-order chi connectivity index (χ0) is 67.6. The van der Waals surface area contributed by atoms with Gasteiger partial charge in [0.15, 0.2) is 0 Å². The van der Waals surface area contributed by atoms with Crippen molar-refractivity contribution in [1.29, 1.82) is 0 Å². The van der Waals surface area contributed by atoms with Gasteiger partial charge >= 0.3 is 0 Å². The lowest BCUT2D eigenvalue weighted by atomic mass is 9.95. The highest BCUT2D eigenvalue weighted by atomic mass is 32.2. The van der Waals surface area contributed by atoms with Crippen molar-refractivity contribution in [3.05, 3.63) is 151 Å². The lowest BCUT2D eigenvalue weighted by molar-refractivity contribution is -0.133. The maximum atomic E-state index is 13.4. The number of aliphatic hydroxyl groups is 1. The van der Waals surface area contributed by atoms with Crippen molar-refractivity contribution >= 4 is 95.6 Å². The van der Waals surface area contributed by atoms with Gasteiger partial charge in [-0.3, -0.25) is 24.0 Å². The van der Waals surface area contributed by atoms with Gasteiger partial charge in [-0.05, 0) is 97.2 Å². The summed E-state index contributed by atoms with van der Waals surface area (Å²) in [6.07, 6.45) is 15.8. The Morgan fingerprint density at radius 2 is 0.882 bits per heavy atom. The van der Waals surface area contributed by atoms with Gasteiger partial charge in [-0.1, -0.05) is 178 Å². The van der Waals surface area contributed by atoms with Crippen LogP contribution in [0.1, 0.15) is 137 Å². The molecule has 0 bridgehead atoms. The highest BCUT2D eigenvalue weighted by molar-refractivity contribution is 7.89. The van der Waals surface area contributed by atoms with Crippen molar-refractivity contribution < 1.29 is 47.1 Å². The zero-order valence-corrected chi connectivity index (χ0v) is 56.2. The Labute approximate surface area is 547 Å². The third kappa shape index (κ3) is 20.8. The molecular formula is C73H97N9O10S. The predicted octanol–water partition coefficient (Wildman–Crippen LogP) is 10.6. The quantitative estimate of drug-likeness (QED) is 0.0174. The average molecular weight is 1290 g/mol. The van der Waals surface area contributed by atoms with Crippen molar-refractivity contribution in [2.75, 3.05) is 6.61 Å². The van der Waals surface area contributed by atoms with Gasteiger partial charge in [0.25, 0.3) is 0 Å². The number of H-pyrrole nitrogens is 3. The number of fused-ring (bicyclic) bond motifs is 4. The molecule has 19 nitrogen and oxygen atoms in total. The Morgan fingerprint density at radius 1 is 0.473 bits per heavy atom. The fourth-order valence-electron chi connectivity index (χ4n) is 11.7. The average Bonchev–Trinajstić information content (AvgIpc) is 1.65. The third-order valence-corrected chi connectivity index (χ3v) is 18.5. The van der Waals surface area contributed by atoms with Crippen molar-refractivity contribution in [1.82, 2.24) is 46.3 Å². The SMILES string of the molecule is CCCC(CCC)C(=O)N[C@@H](C)C(=O)N[C@H](C=O)Cc1c[nH]c2ccccc12.CCCC(CCC)C(=O)N[C@H](C(=O)N[C@H](C=O)Cc1c[nH]c2ccccc12)C(C)C.CC[C@H](C)[C@H](NS(=O)(=O)c1cccc2ccccc12)C(=O)N[C@H](CO)Cc1c[nH]c2ccccc12. The van der Waals surface area contributed by atoms with E-state index < -0.39 is 52.2 Å². The molecule has 0 fully saturated rings. The third-order valence-electron chi connectivity index (χ3n) is 17.0. The Kier molecular flexibility index (Phi) is 29.0. The van der Waals surface area contributed by atoms with E-state index >= 15 is 0 Å². The number of nitrogens with one attached hydrogen (secondary N) is 9. The highest BCUT2D eigenvalue weighted by Gasteiger charge is 2.33. The Morgan fingerprint density at radius 3 is 1.32 bits per heavy atom. The monoisotopic (exact) mass is 1290 g/mol. The highest BCUT2D eigenvalue weighted by Crippen LogP contribution is 2.26. The molecule has 93 heavy (non-hydrogen) atoms. The van der Waals surface area contributed by atoms with Gasteiger partial charge in [-0.25, -0.2) is 8.42 Å². The van der Waals surface area contributed by atoms with E-state index in [1.54, 1.807) is 31.2 Å². The number of aromatic amines is 3. The first-order chi connectivity index (χ1) is 44.7. The fourth-order valence-corrected chi connectivity index (χ4v) is 13.2. The Balaban J connectivity index is 0.000000223. The maximum absolute atomic E-state index is 13.4. The first-order valence-corrected chi connectivity index (χ1v) is 34.4. The molecule has 500 valence electrons. The summed E-state index contributed by atoms with van der Waals surface area (Å²) >= 11 is 0. The first-order valence-electron chi connectivity index (χ1n) is 32.9. The second-order valence-electron chi connectivity index (χ2n) is 24.6. The largest absolute Gasteiger partial charge is 0.394 e.